The minimum absolute atomic E-state index is 0.0517. The molecule has 0 radical (unpaired) electrons. The van der Waals surface area contributed by atoms with Crippen LogP contribution < -0.4 is 15.0 Å². The Bertz CT molecular complexity index is 858. The molecule has 0 saturated carbocycles. The van der Waals surface area contributed by atoms with Gasteiger partial charge in [0, 0.05) is 18.8 Å². The van der Waals surface area contributed by atoms with Crippen molar-refractivity contribution >= 4 is 10.0 Å². The van der Waals surface area contributed by atoms with Gasteiger partial charge in [-0.2, -0.15) is 0 Å². The van der Waals surface area contributed by atoms with Crippen molar-refractivity contribution in [1.29, 1.82) is 0 Å². The van der Waals surface area contributed by atoms with Gasteiger partial charge in [0.25, 0.3) is 5.56 Å². The van der Waals surface area contributed by atoms with Crippen molar-refractivity contribution < 1.29 is 13.2 Å². The van der Waals surface area contributed by atoms with E-state index in [1.807, 2.05) is 37.3 Å². The van der Waals surface area contributed by atoms with Crippen molar-refractivity contribution in [3.8, 4) is 5.75 Å². The number of rotatable bonds is 9. The Labute approximate surface area is 154 Å². The van der Waals surface area contributed by atoms with Gasteiger partial charge in [0.15, 0.2) is 0 Å². The van der Waals surface area contributed by atoms with Crippen LogP contribution in [0.3, 0.4) is 0 Å². The normalized spacial score (nSPS) is 12.9. The summed E-state index contributed by atoms with van der Waals surface area (Å²) >= 11 is 0. The molecule has 0 bridgehead atoms. The fourth-order valence-corrected chi connectivity index (χ4v) is 3.14. The maximum atomic E-state index is 11.8. The second kappa shape index (κ2) is 9.00. The van der Waals surface area contributed by atoms with E-state index in [1.165, 1.54) is 6.07 Å². The van der Waals surface area contributed by atoms with E-state index in [1.54, 1.807) is 30.7 Å². The zero-order chi connectivity index (χ0) is 19.2. The summed E-state index contributed by atoms with van der Waals surface area (Å²) in [6.07, 6.45) is 1.73. The second-order valence-corrected chi connectivity index (χ2v) is 8.81. The molecule has 1 heterocycles. The first-order valence-electron chi connectivity index (χ1n) is 8.66. The number of hydrogen-bond donors (Lipinski definition) is 1. The number of benzene rings is 1. The van der Waals surface area contributed by atoms with Crippen LogP contribution in [0, 0.1) is 0 Å². The third-order valence-corrected chi connectivity index (χ3v) is 5.97. The monoisotopic (exact) mass is 378 g/mol. The van der Waals surface area contributed by atoms with Crippen molar-refractivity contribution in [2.45, 2.75) is 38.5 Å². The van der Waals surface area contributed by atoms with E-state index in [2.05, 4.69) is 4.72 Å². The molecule has 0 amide bonds. The van der Waals surface area contributed by atoms with Gasteiger partial charge in [-0.1, -0.05) is 25.1 Å². The Morgan fingerprint density at radius 3 is 2.38 bits per heavy atom. The van der Waals surface area contributed by atoms with Crippen molar-refractivity contribution in [1.82, 2.24) is 9.29 Å². The molecule has 1 N–H and O–H groups in total. The lowest BCUT2D eigenvalue weighted by Crippen LogP contribution is -2.33. The van der Waals surface area contributed by atoms with E-state index in [9.17, 15) is 13.2 Å². The fraction of sp³-hybridized carbons (Fsp3) is 0.421. The van der Waals surface area contributed by atoms with Gasteiger partial charge in [-0.25, -0.2) is 13.1 Å². The van der Waals surface area contributed by atoms with Crippen LogP contribution in [0.5, 0.6) is 5.75 Å². The molecule has 0 saturated heterocycles. The van der Waals surface area contributed by atoms with Gasteiger partial charge in [0.2, 0.25) is 10.0 Å². The van der Waals surface area contributed by atoms with E-state index < -0.39 is 15.3 Å². The van der Waals surface area contributed by atoms with Crippen LogP contribution in [-0.4, -0.2) is 31.4 Å². The van der Waals surface area contributed by atoms with E-state index in [0.29, 0.717) is 25.4 Å². The quantitative estimate of drug-likeness (QED) is 0.727. The molecule has 2 rings (SSSR count). The van der Waals surface area contributed by atoms with Crippen molar-refractivity contribution in [3.63, 3.8) is 0 Å². The SMILES string of the molecule is CC(CNS(=O)(=O)C(C)C)c1ccc(OCCn2ccccc2=O)cc1. The molecule has 7 heteroatoms. The first kappa shape index (κ1) is 20.2. The summed E-state index contributed by atoms with van der Waals surface area (Å²) in [6.45, 7) is 6.52. The molecule has 1 atom stereocenters. The molecular weight excluding hydrogens is 352 g/mol. The Morgan fingerprint density at radius 1 is 1.08 bits per heavy atom. The first-order valence-corrected chi connectivity index (χ1v) is 10.2. The second-order valence-electron chi connectivity index (χ2n) is 6.49. The summed E-state index contributed by atoms with van der Waals surface area (Å²) in [5, 5.41) is -0.442. The van der Waals surface area contributed by atoms with Gasteiger partial charge < -0.3 is 9.30 Å². The molecule has 2 aromatic rings. The molecule has 1 unspecified atom stereocenters. The number of hydrogen-bond acceptors (Lipinski definition) is 4. The van der Waals surface area contributed by atoms with Crippen LogP contribution in [-0.2, 0) is 16.6 Å². The van der Waals surface area contributed by atoms with Gasteiger partial charge in [0.1, 0.15) is 12.4 Å². The Balaban J connectivity index is 1.85. The molecule has 1 aromatic heterocycles. The highest BCUT2D eigenvalue weighted by atomic mass is 32.2. The van der Waals surface area contributed by atoms with Gasteiger partial charge in [-0.05, 0) is 43.5 Å². The Morgan fingerprint density at radius 2 is 1.77 bits per heavy atom. The van der Waals surface area contributed by atoms with Crippen molar-refractivity contribution in [3.05, 3.63) is 64.6 Å². The predicted octanol–water partition coefficient (Wildman–Crippen LogP) is 2.36. The van der Waals surface area contributed by atoms with Crippen LogP contribution in [0.4, 0.5) is 0 Å². The zero-order valence-electron chi connectivity index (χ0n) is 15.4. The van der Waals surface area contributed by atoms with Crippen LogP contribution in [0.15, 0.2) is 53.5 Å². The highest BCUT2D eigenvalue weighted by Gasteiger charge is 2.17. The molecule has 1 aromatic carbocycles. The number of ether oxygens (including phenoxy) is 1. The molecule has 0 fully saturated rings. The molecule has 0 spiro atoms. The number of aromatic nitrogens is 1. The van der Waals surface area contributed by atoms with E-state index in [4.69, 9.17) is 4.74 Å². The average molecular weight is 378 g/mol. The topological polar surface area (TPSA) is 77.4 Å². The van der Waals surface area contributed by atoms with E-state index >= 15 is 0 Å². The van der Waals surface area contributed by atoms with Crippen LogP contribution >= 0.6 is 0 Å². The molecule has 26 heavy (non-hydrogen) atoms. The van der Waals surface area contributed by atoms with Gasteiger partial charge in [-0.3, -0.25) is 4.79 Å². The summed E-state index contributed by atoms with van der Waals surface area (Å²) in [5.74, 6) is 0.771. The number of sulfonamides is 1. The Kier molecular flexibility index (Phi) is 6.99. The molecule has 0 aliphatic carbocycles. The summed E-state index contributed by atoms with van der Waals surface area (Å²) in [6, 6.07) is 12.6. The largest absolute Gasteiger partial charge is 0.492 e. The number of nitrogens with zero attached hydrogens (tertiary/aromatic N) is 1. The van der Waals surface area contributed by atoms with E-state index in [-0.39, 0.29) is 11.5 Å². The predicted molar refractivity (Wildman–Crippen MR) is 103 cm³/mol. The summed E-state index contributed by atoms with van der Waals surface area (Å²) < 4.78 is 33.6. The molecule has 0 aliphatic heterocycles. The maximum Gasteiger partial charge on any atom is 0.250 e. The van der Waals surface area contributed by atoms with Gasteiger partial charge in [-0.15, -0.1) is 0 Å². The van der Waals surface area contributed by atoms with E-state index in [0.717, 1.165) is 5.56 Å². The fourth-order valence-electron chi connectivity index (χ4n) is 2.33. The zero-order valence-corrected chi connectivity index (χ0v) is 16.2. The van der Waals surface area contributed by atoms with Crippen LogP contribution in [0.25, 0.3) is 0 Å². The molecule has 0 aliphatic rings. The average Bonchev–Trinajstić information content (AvgIpc) is 2.62. The van der Waals surface area contributed by atoms with Crippen molar-refractivity contribution in [2.75, 3.05) is 13.2 Å². The third kappa shape index (κ3) is 5.71. The maximum absolute atomic E-state index is 11.8. The summed E-state index contributed by atoms with van der Waals surface area (Å²) in [5.41, 5.74) is 0.979. The molecule has 6 nitrogen and oxygen atoms in total. The molecular formula is C19H26N2O4S. The van der Waals surface area contributed by atoms with Crippen LogP contribution in [0.2, 0.25) is 0 Å². The minimum Gasteiger partial charge on any atom is -0.492 e. The smallest absolute Gasteiger partial charge is 0.250 e. The highest BCUT2D eigenvalue weighted by molar-refractivity contribution is 7.90. The standard InChI is InChI=1S/C19H26N2O4S/c1-15(2)26(23,24)20-14-16(3)17-7-9-18(10-8-17)25-13-12-21-11-5-4-6-19(21)22/h4-11,15-16,20H,12-14H2,1-3H3. The van der Waals surface area contributed by atoms with Gasteiger partial charge >= 0.3 is 0 Å². The Hall–Kier alpha value is -2.12. The third-order valence-electron chi connectivity index (χ3n) is 4.16. The van der Waals surface area contributed by atoms with Crippen molar-refractivity contribution in [2.24, 2.45) is 0 Å². The molecule has 142 valence electrons. The van der Waals surface area contributed by atoms with Gasteiger partial charge in [0.05, 0.1) is 11.8 Å². The lowest BCUT2D eigenvalue weighted by atomic mass is 10.0. The summed E-state index contributed by atoms with van der Waals surface area (Å²) in [7, 11) is -3.25. The number of nitrogens with one attached hydrogen (secondary N) is 1. The van der Waals surface area contributed by atoms with Crippen LogP contribution in [0.1, 0.15) is 32.3 Å². The highest BCUT2D eigenvalue weighted by Crippen LogP contribution is 2.19. The lowest BCUT2D eigenvalue weighted by Gasteiger charge is -2.15. The first-order chi connectivity index (χ1) is 12.3. The number of pyridine rings is 1. The lowest BCUT2D eigenvalue weighted by molar-refractivity contribution is 0.296. The summed E-state index contributed by atoms with van der Waals surface area (Å²) in [4.78, 5) is 11.6. The minimum atomic E-state index is -3.25.